The van der Waals surface area contributed by atoms with Gasteiger partial charge < -0.3 is 16.4 Å². The van der Waals surface area contributed by atoms with Crippen LogP contribution in [0, 0.1) is 11.8 Å². The fourth-order valence-electron chi connectivity index (χ4n) is 1.74. The van der Waals surface area contributed by atoms with Crippen LogP contribution in [0.4, 0.5) is 5.69 Å². The number of hydrogen-bond donors (Lipinski definition) is 3. The molecule has 23 heavy (non-hydrogen) atoms. The highest BCUT2D eigenvalue weighted by molar-refractivity contribution is 14.0. The Balaban J connectivity index is 0.00000484. The molecule has 0 aliphatic carbocycles. The van der Waals surface area contributed by atoms with Gasteiger partial charge in [-0.1, -0.05) is 39.8 Å². The van der Waals surface area contributed by atoms with Crippen molar-refractivity contribution in [2.45, 2.75) is 40.7 Å². The van der Waals surface area contributed by atoms with Crippen molar-refractivity contribution in [1.29, 1.82) is 0 Å². The van der Waals surface area contributed by atoms with Crippen LogP contribution in [-0.4, -0.2) is 18.4 Å². The normalized spacial score (nSPS) is 12.5. The first-order valence-corrected chi connectivity index (χ1v) is 7.86. The van der Waals surface area contributed by atoms with Crippen LogP contribution in [-0.2, 0) is 11.3 Å². The molecule has 0 saturated heterocycles. The fourth-order valence-corrected chi connectivity index (χ4v) is 1.74. The number of nitrogens with zero attached hydrogens (tertiary/aromatic N) is 1. The van der Waals surface area contributed by atoms with E-state index in [1.54, 1.807) is 0 Å². The number of anilines is 1. The van der Waals surface area contributed by atoms with Gasteiger partial charge in [0.1, 0.15) is 0 Å². The molecular formula is C17H29IN4O. The van der Waals surface area contributed by atoms with E-state index < -0.39 is 0 Å². The van der Waals surface area contributed by atoms with Crippen LogP contribution in [0.5, 0.6) is 0 Å². The van der Waals surface area contributed by atoms with E-state index >= 15 is 0 Å². The van der Waals surface area contributed by atoms with Crippen molar-refractivity contribution in [1.82, 2.24) is 5.32 Å². The maximum absolute atomic E-state index is 11.9. The number of nitrogens with one attached hydrogen (secondary N) is 2. The zero-order chi connectivity index (χ0) is 16.5. The molecule has 1 unspecified atom stereocenters. The minimum atomic E-state index is 0. The van der Waals surface area contributed by atoms with E-state index in [2.05, 4.69) is 29.5 Å². The average Bonchev–Trinajstić information content (AvgIpc) is 2.50. The van der Waals surface area contributed by atoms with Gasteiger partial charge in [0.25, 0.3) is 0 Å². The second-order valence-electron chi connectivity index (χ2n) is 5.98. The lowest BCUT2D eigenvalue weighted by molar-refractivity contribution is -0.119. The predicted octanol–water partition coefficient (Wildman–Crippen LogP) is 3.35. The molecule has 6 heteroatoms. The van der Waals surface area contributed by atoms with Crippen LogP contribution in [0.1, 0.15) is 39.7 Å². The van der Waals surface area contributed by atoms with Crippen LogP contribution < -0.4 is 16.4 Å². The standard InChI is InChI=1S/C17H28N4O.HI/c1-5-13(4)16(22)21-15-8-6-7-14(9-15)11-20-17(18)19-10-12(2)3;/h6-9,12-13H,5,10-11H2,1-4H3,(H,21,22)(H3,18,19,20);1H. The summed E-state index contributed by atoms with van der Waals surface area (Å²) in [4.78, 5) is 16.2. The first-order valence-electron chi connectivity index (χ1n) is 7.86. The van der Waals surface area contributed by atoms with E-state index in [4.69, 9.17) is 5.73 Å². The summed E-state index contributed by atoms with van der Waals surface area (Å²) in [6.07, 6.45) is 0.827. The SMILES string of the molecule is CCC(C)C(=O)Nc1cccc(CN=C(N)NCC(C)C)c1.I. The summed E-state index contributed by atoms with van der Waals surface area (Å²) in [5, 5.41) is 6.01. The molecule has 0 bridgehead atoms. The smallest absolute Gasteiger partial charge is 0.227 e. The summed E-state index contributed by atoms with van der Waals surface area (Å²) >= 11 is 0. The molecule has 0 aliphatic heterocycles. The molecular weight excluding hydrogens is 403 g/mol. The van der Waals surface area contributed by atoms with Gasteiger partial charge in [0.2, 0.25) is 5.91 Å². The summed E-state index contributed by atoms with van der Waals surface area (Å²) in [7, 11) is 0. The van der Waals surface area contributed by atoms with Gasteiger partial charge in [0.05, 0.1) is 6.54 Å². The molecule has 1 rings (SSSR count). The quantitative estimate of drug-likeness (QED) is 0.351. The van der Waals surface area contributed by atoms with E-state index in [9.17, 15) is 4.79 Å². The monoisotopic (exact) mass is 432 g/mol. The predicted molar refractivity (Wildman–Crippen MR) is 108 cm³/mol. The third kappa shape index (κ3) is 8.78. The Morgan fingerprint density at radius 2 is 2.00 bits per heavy atom. The lowest BCUT2D eigenvalue weighted by atomic mass is 10.1. The number of amides is 1. The molecule has 5 nitrogen and oxygen atoms in total. The number of rotatable bonds is 7. The minimum Gasteiger partial charge on any atom is -0.370 e. The molecule has 0 saturated carbocycles. The molecule has 0 radical (unpaired) electrons. The fraction of sp³-hybridized carbons (Fsp3) is 0.529. The lowest BCUT2D eigenvalue weighted by Crippen LogP contribution is -2.34. The van der Waals surface area contributed by atoms with Crippen molar-refractivity contribution in [3.8, 4) is 0 Å². The molecule has 4 N–H and O–H groups in total. The van der Waals surface area contributed by atoms with Gasteiger partial charge in [0.15, 0.2) is 5.96 Å². The molecule has 130 valence electrons. The van der Waals surface area contributed by atoms with Gasteiger partial charge in [0, 0.05) is 18.2 Å². The van der Waals surface area contributed by atoms with Crippen LogP contribution >= 0.6 is 24.0 Å². The molecule has 0 heterocycles. The number of halogens is 1. The molecule has 1 amide bonds. The Morgan fingerprint density at radius 1 is 1.30 bits per heavy atom. The number of carbonyl (C=O) groups is 1. The largest absolute Gasteiger partial charge is 0.370 e. The third-order valence-corrected chi connectivity index (χ3v) is 3.38. The van der Waals surface area contributed by atoms with E-state index in [0.717, 1.165) is 24.2 Å². The zero-order valence-corrected chi connectivity index (χ0v) is 16.8. The first-order chi connectivity index (χ1) is 10.4. The van der Waals surface area contributed by atoms with Gasteiger partial charge >= 0.3 is 0 Å². The first kappa shape index (κ1) is 21.7. The number of nitrogens with two attached hydrogens (primary N) is 1. The van der Waals surface area contributed by atoms with Gasteiger partial charge in [-0.3, -0.25) is 4.79 Å². The number of benzene rings is 1. The molecule has 1 aromatic carbocycles. The topological polar surface area (TPSA) is 79.5 Å². The molecule has 1 atom stereocenters. The Hall–Kier alpha value is -1.31. The van der Waals surface area contributed by atoms with Gasteiger partial charge in [-0.15, -0.1) is 24.0 Å². The summed E-state index contributed by atoms with van der Waals surface area (Å²) in [5.74, 6) is 1.02. The Bertz CT molecular complexity index is 517. The van der Waals surface area contributed by atoms with Crippen LogP contribution in [0.3, 0.4) is 0 Å². The maximum Gasteiger partial charge on any atom is 0.227 e. The maximum atomic E-state index is 11.9. The summed E-state index contributed by atoms with van der Waals surface area (Å²) in [6, 6.07) is 7.69. The highest BCUT2D eigenvalue weighted by Gasteiger charge is 2.10. The van der Waals surface area contributed by atoms with Crippen molar-refractivity contribution in [3.63, 3.8) is 0 Å². The average molecular weight is 432 g/mol. The van der Waals surface area contributed by atoms with E-state index in [1.807, 2.05) is 38.1 Å². The van der Waals surface area contributed by atoms with Gasteiger partial charge in [-0.2, -0.15) is 0 Å². The second kappa shape index (κ2) is 11.3. The highest BCUT2D eigenvalue weighted by atomic mass is 127. The molecule has 0 spiro atoms. The second-order valence-corrected chi connectivity index (χ2v) is 5.98. The highest BCUT2D eigenvalue weighted by Crippen LogP contribution is 2.13. The Labute approximate surface area is 156 Å². The lowest BCUT2D eigenvalue weighted by Gasteiger charge is -2.11. The van der Waals surface area contributed by atoms with E-state index in [0.29, 0.717) is 18.4 Å². The van der Waals surface area contributed by atoms with Crippen LogP contribution in [0.15, 0.2) is 29.3 Å². The molecule has 0 fully saturated rings. The number of guanidine groups is 1. The number of hydrogen-bond acceptors (Lipinski definition) is 2. The number of aliphatic imine (C=N–C) groups is 1. The van der Waals surface area contributed by atoms with Gasteiger partial charge in [-0.25, -0.2) is 4.99 Å². The molecule has 0 aromatic heterocycles. The summed E-state index contributed by atoms with van der Waals surface area (Å²) in [5.41, 5.74) is 7.62. The Kier molecular flexibility index (Phi) is 10.6. The molecule has 1 aromatic rings. The summed E-state index contributed by atoms with van der Waals surface area (Å²) in [6.45, 7) is 9.45. The Morgan fingerprint density at radius 3 is 2.61 bits per heavy atom. The molecule has 0 aliphatic rings. The third-order valence-electron chi connectivity index (χ3n) is 3.38. The van der Waals surface area contributed by atoms with Gasteiger partial charge in [-0.05, 0) is 30.0 Å². The van der Waals surface area contributed by atoms with Crippen molar-refractivity contribution in [3.05, 3.63) is 29.8 Å². The summed E-state index contributed by atoms with van der Waals surface area (Å²) < 4.78 is 0. The van der Waals surface area contributed by atoms with Crippen LogP contribution in [0.2, 0.25) is 0 Å². The van der Waals surface area contributed by atoms with Crippen molar-refractivity contribution in [2.24, 2.45) is 22.6 Å². The van der Waals surface area contributed by atoms with E-state index in [1.165, 1.54) is 0 Å². The number of carbonyl (C=O) groups excluding carboxylic acids is 1. The van der Waals surface area contributed by atoms with Crippen molar-refractivity contribution in [2.75, 3.05) is 11.9 Å². The van der Waals surface area contributed by atoms with Crippen LogP contribution in [0.25, 0.3) is 0 Å². The minimum absolute atomic E-state index is 0. The van der Waals surface area contributed by atoms with Crippen molar-refractivity contribution < 1.29 is 4.79 Å². The van der Waals surface area contributed by atoms with Crippen molar-refractivity contribution >= 4 is 41.5 Å². The zero-order valence-electron chi connectivity index (χ0n) is 14.4. The van der Waals surface area contributed by atoms with E-state index in [-0.39, 0.29) is 35.8 Å².